The summed E-state index contributed by atoms with van der Waals surface area (Å²) >= 11 is 1.00. The molecule has 3 aromatic rings. The first-order chi connectivity index (χ1) is 14.5. The molecule has 0 aliphatic carbocycles. The van der Waals surface area contributed by atoms with Crippen molar-refractivity contribution in [1.82, 2.24) is 9.36 Å². The fourth-order valence-electron chi connectivity index (χ4n) is 3.15. The van der Waals surface area contributed by atoms with E-state index < -0.39 is 10.0 Å². The van der Waals surface area contributed by atoms with Crippen molar-refractivity contribution in [3.8, 4) is 17.2 Å². The third kappa shape index (κ3) is 3.92. The number of anilines is 1. The second-order valence-electron chi connectivity index (χ2n) is 6.45. The van der Waals surface area contributed by atoms with Crippen LogP contribution in [0.3, 0.4) is 0 Å². The first-order valence-electron chi connectivity index (χ1n) is 9.13. The molecule has 157 valence electrons. The molecule has 0 atom stereocenters. The van der Waals surface area contributed by atoms with E-state index in [0.29, 0.717) is 29.4 Å². The molecule has 1 radical (unpaired) electrons. The lowest BCUT2D eigenvalue weighted by Crippen LogP contribution is -2.30. The maximum absolute atomic E-state index is 13.6. The number of ether oxygens (including phenoxy) is 3. The van der Waals surface area contributed by atoms with Crippen molar-refractivity contribution < 1.29 is 22.6 Å². The Hall–Kier alpha value is -2.85. The molecule has 4 rings (SSSR count). The van der Waals surface area contributed by atoms with Crippen LogP contribution in [-0.2, 0) is 16.6 Å². The van der Waals surface area contributed by atoms with Crippen LogP contribution in [0.5, 0.6) is 17.2 Å². The summed E-state index contributed by atoms with van der Waals surface area (Å²) in [6.45, 7) is 0.550. The number of hydrogen-bond acceptors (Lipinski definition) is 8. The van der Waals surface area contributed by atoms with Crippen molar-refractivity contribution in [3.63, 3.8) is 0 Å². The van der Waals surface area contributed by atoms with Gasteiger partial charge in [0.1, 0.15) is 23.6 Å². The monoisotopic (exact) mass is 446 g/mol. The Balaban J connectivity index is 1.75. The Labute approximate surface area is 179 Å². The van der Waals surface area contributed by atoms with E-state index in [1.165, 1.54) is 17.7 Å². The van der Waals surface area contributed by atoms with Gasteiger partial charge in [0.2, 0.25) is 5.13 Å². The van der Waals surface area contributed by atoms with Crippen LogP contribution in [0.4, 0.5) is 5.13 Å². The molecule has 0 saturated carbocycles. The highest BCUT2D eigenvalue weighted by Crippen LogP contribution is 2.34. The van der Waals surface area contributed by atoms with Gasteiger partial charge in [0, 0.05) is 29.2 Å². The standard InChI is InChI=1S/C20H20N3O5S2/c1-26-16-7-5-15(18(10-16)27-2)12-23(20-21-13-22-29-20)30(24,25)17-8-6-14-4-3-9-28-19(14)11-17/h4-8,10-11,13H,3,9,12H2,1-2H3. The van der Waals surface area contributed by atoms with E-state index in [0.717, 1.165) is 23.5 Å². The Morgan fingerprint density at radius 1 is 1.17 bits per heavy atom. The minimum atomic E-state index is -3.94. The molecule has 0 spiro atoms. The number of benzene rings is 2. The van der Waals surface area contributed by atoms with Gasteiger partial charge in [-0.25, -0.2) is 17.7 Å². The van der Waals surface area contributed by atoms with E-state index in [-0.39, 0.29) is 16.6 Å². The molecule has 1 aromatic heterocycles. The number of fused-ring (bicyclic) bond motifs is 1. The lowest BCUT2D eigenvalue weighted by atomic mass is 10.1. The van der Waals surface area contributed by atoms with E-state index >= 15 is 0 Å². The molecule has 2 aromatic carbocycles. The first kappa shape index (κ1) is 20.4. The van der Waals surface area contributed by atoms with Crippen LogP contribution in [0, 0.1) is 6.42 Å². The smallest absolute Gasteiger partial charge is 0.266 e. The zero-order chi connectivity index (χ0) is 21.1. The molecule has 0 amide bonds. The quantitative estimate of drug-likeness (QED) is 0.550. The van der Waals surface area contributed by atoms with Gasteiger partial charge >= 0.3 is 0 Å². The molecule has 0 fully saturated rings. The van der Waals surface area contributed by atoms with Crippen LogP contribution in [0.25, 0.3) is 0 Å². The number of nitrogens with zero attached hydrogens (tertiary/aromatic N) is 3. The molecule has 0 bridgehead atoms. The lowest BCUT2D eigenvalue weighted by Gasteiger charge is -2.24. The second-order valence-corrected chi connectivity index (χ2v) is 9.08. The van der Waals surface area contributed by atoms with Gasteiger partial charge in [-0.2, -0.15) is 4.37 Å². The van der Waals surface area contributed by atoms with Crippen LogP contribution >= 0.6 is 11.5 Å². The Morgan fingerprint density at radius 3 is 2.77 bits per heavy atom. The SMILES string of the molecule is COc1ccc(CN(c2ncns2)S(=O)(=O)c2ccc3c(c2)OCC[CH]3)c(OC)c1. The summed E-state index contributed by atoms with van der Waals surface area (Å²) in [6, 6.07) is 10.1. The molecule has 0 unspecified atom stereocenters. The topological polar surface area (TPSA) is 90.9 Å². The van der Waals surface area contributed by atoms with Crippen molar-refractivity contribution in [2.75, 3.05) is 25.1 Å². The predicted octanol–water partition coefficient (Wildman–Crippen LogP) is 3.29. The van der Waals surface area contributed by atoms with Crippen molar-refractivity contribution in [2.45, 2.75) is 17.9 Å². The van der Waals surface area contributed by atoms with Gasteiger partial charge in [-0.1, -0.05) is 6.07 Å². The summed E-state index contributed by atoms with van der Waals surface area (Å²) in [7, 11) is -0.851. The Morgan fingerprint density at radius 2 is 2.03 bits per heavy atom. The second kappa shape index (κ2) is 8.49. The number of aromatic nitrogens is 2. The van der Waals surface area contributed by atoms with Gasteiger partial charge in [0.15, 0.2) is 0 Å². The fraction of sp³-hybridized carbons (Fsp3) is 0.250. The van der Waals surface area contributed by atoms with Gasteiger partial charge in [-0.05, 0) is 36.6 Å². The van der Waals surface area contributed by atoms with Crippen molar-refractivity contribution in [2.24, 2.45) is 0 Å². The summed E-state index contributed by atoms with van der Waals surface area (Å²) < 4.78 is 48.7. The Kier molecular flexibility index (Phi) is 5.78. The van der Waals surface area contributed by atoms with Gasteiger partial charge < -0.3 is 14.2 Å². The summed E-state index contributed by atoms with van der Waals surface area (Å²) in [4.78, 5) is 4.26. The van der Waals surface area contributed by atoms with Crippen LogP contribution in [0.1, 0.15) is 17.5 Å². The molecule has 1 aliphatic rings. The highest BCUT2D eigenvalue weighted by molar-refractivity contribution is 7.93. The molecular formula is C20H20N3O5S2. The minimum Gasteiger partial charge on any atom is -0.497 e. The maximum atomic E-state index is 13.6. The van der Waals surface area contributed by atoms with Crippen molar-refractivity contribution in [1.29, 1.82) is 0 Å². The van der Waals surface area contributed by atoms with E-state index in [2.05, 4.69) is 9.36 Å². The summed E-state index contributed by atoms with van der Waals surface area (Å²) in [5, 5.41) is 0.262. The van der Waals surface area contributed by atoms with Crippen LogP contribution in [0.15, 0.2) is 47.6 Å². The van der Waals surface area contributed by atoms with Crippen molar-refractivity contribution in [3.05, 3.63) is 60.3 Å². The maximum Gasteiger partial charge on any atom is 0.266 e. The van der Waals surface area contributed by atoms with Gasteiger partial charge in [-0.3, -0.25) is 0 Å². The molecule has 30 heavy (non-hydrogen) atoms. The highest BCUT2D eigenvalue weighted by Gasteiger charge is 2.29. The number of methoxy groups -OCH3 is 2. The fourth-order valence-corrected chi connectivity index (χ4v) is 5.29. The van der Waals surface area contributed by atoms with E-state index in [1.807, 2.05) is 6.42 Å². The van der Waals surface area contributed by atoms with Gasteiger partial charge in [-0.15, -0.1) is 0 Å². The number of sulfonamides is 1. The molecule has 8 nitrogen and oxygen atoms in total. The summed E-state index contributed by atoms with van der Waals surface area (Å²) in [5.74, 6) is 1.69. The van der Waals surface area contributed by atoms with Crippen molar-refractivity contribution >= 4 is 26.7 Å². The number of rotatable bonds is 7. The van der Waals surface area contributed by atoms with Crippen LogP contribution < -0.4 is 18.5 Å². The third-order valence-corrected chi connectivity index (χ3v) is 7.22. The average Bonchev–Trinajstić information content (AvgIpc) is 3.31. The average molecular weight is 447 g/mol. The van der Waals surface area contributed by atoms with E-state index in [1.54, 1.807) is 43.5 Å². The Bertz CT molecular complexity index is 1130. The molecule has 0 N–H and O–H groups in total. The molecule has 10 heteroatoms. The molecule has 0 saturated heterocycles. The predicted molar refractivity (Wildman–Crippen MR) is 113 cm³/mol. The van der Waals surface area contributed by atoms with Crippen LogP contribution in [-0.4, -0.2) is 38.6 Å². The first-order valence-corrected chi connectivity index (χ1v) is 11.3. The molecule has 1 aliphatic heterocycles. The minimum absolute atomic E-state index is 0.0226. The molecule has 2 heterocycles. The third-order valence-electron chi connectivity index (χ3n) is 4.68. The normalized spacial score (nSPS) is 13.3. The zero-order valence-corrected chi connectivity index (χ0v) is 18.1. The summed E-state index contributed by atoms with van der Waals surface area (Å²) in [5.41, 5.74) is 1.55. The van der Waals surface area contributed by atoms with E-state index in [4.69, 9.17) is 14.2 Å². The largest absolute Gasteiger partial charge is 0.497 e. The van der Waals surface area contributed by atoms with Gasteiger partial charge in [0.05, 0.1) is 32.3 Å². The zero-order valence-electron chi connectivity index (χ0n) is 16.4. The van der Waals surface area contributed by atoms with Gasteiger partial charge in [0.25, 0.3) is 10.0 Å². The molecular weight excluding hydrogens is 426 g/mol. The van der Waals surface area contributed by atoms with E-state index in [9.17, 15) is 8.42 Å². The van der Waals surface area contributed by atoms with Crippen LogP contribution in [0.2, 0.25) is 0 Å². The summed E-state index contributed by atoms with van der Waals surface area (Å²) in [6.07, 6.45) is 4.16. The lowest BCUT2D eigenvalue weighted by molar-refractivity contribution is 0.305. The number of hydrogen-bond donors (Lipinski definition) is 0. The highest BCUT2D eigenvalue weighted by atomic mass is 32.2.